The minimum absolute atomic E-state index is 0.0252. The van der Waals surface area contributed by atoms with E-state index in [-0.39, 0.29) is 37.1 Å². The minimum atomic E-state index is -0.590. The number of aromatic nitrogens is 3. The summed E-state index contributed by atoms with van der Waals surface area (Å²) in [6.07, 6.45) is 4.47. The Morgan fingerprint density at radius 3 is 2.74 bits per heavy atom. The number of likely N-dealkylation sites (tertiary alicyclic amines) is 1. The second-order valence-corrected chi connectivity index (χ2v) is 9.44. The lowest BCUT2D eigenvalue weighted by Crippen LogP contribution is -2.45. The van der Waals surface area contributed by atoms with Crippen LogP contribution in [0, 0.1) is 0 Å². The molecular formula is C24H35N5O6. The Hall–Kier alpha value is -3.37. The van der Waals surface area contributed by atoms with Crippen molar-refractivity contribution in [2.45, 2.75) is 71.4 Å². The Labute approximate surface area is 204 Å². The first kappa shape index (κ1) is 26.2. The Balaban J connectivity index is 1.50. The van der Waals surface area contributed by atoms with Gasteiger partial charge in [-0.3, -0.25) is 4.79 Å². The summed E-state index contributed by atoms with van der Waals surface area (Å²) in [7, 11) is 0. The van der Waals surface area contributed by atoms with Gasteiger partial charge in [0, 0.05) is 31.7 Å². The fraction of sp³-hybridized carbons (Fsp3) is 0.625. The van der Waals surface area contributed by atoms with E-state index in [0.717, 1.165) is 18.2 Å². The molecule has 3 rings (SSSR count). The molecule has 0 radical (unpaired) electrons. The summed E-state index contributed by atoms with van der Waals surface area (Å²) in [4.78, 5) is 49.7. The van der Waals surface area contributed by atoms with Crippen LogP contribution in [0.1, 0.15) is 70.4 Å². The summed E-state index contributed by atoms with van der Waals surface area (Å²) >= 11 is 0. The SMILES string of the molecule is CCOC(=O)c1nc(N[C@@H]2CCCN(C(=O)OCCCCC(=O)OC(C)(C)C)C2)c2cc[nH]c2n1. The third kappa shape index (κ3) is 7.83. The first-order valence-corrected chi connectivity index (χ1v) is 12.1. The smallest absolute Gasteiger partial charge is 0.409 e. The monoisotopic (exact) mass is 489 g/mol. The molecular weight excluding hydrogens is 454 g/mol. The first-order valence-electron chi connectivity index (χ1n) is 12.1. The predicted molar refractivity (Wildman–Crippen MR) is 129 cm³/mol. The molecule has 1 aliphatic heterocycles. The van der Waals surface area contributed by atoms with Gasteiger partial charge in [0.15, 0.2) is 0 Å². The van der Waals surface area contributed by atoms with Crippen LogP contribution in [0.2, 0.25) is 0 Å². The number of fused-ring (bicyclic) bond motifs is 1. The van der Waals surface area contributed by atoms with Gasteiger partial charge in [-0.05, 0) is 59.4 Å². The van der Waals surface area contributed by atoms with Crippen LogP contribution in [0.4, 0.5) is 10.6 Å². The molecule has 192 valence electrons. The number of esters is 2. The van der Waals surface area contributed by atoms with Gasteiger partial charge in [0.25, 0.3) is 0 Å². The van der Waals surface area contributed by atoms with Crippen LogP contribution in [0.5, 0.6) is 0 Å². The van der Waals surface area contributed by atoms with Crippen molar-refractivity contribution >= 4 is 34.9 Å². The quantitative estimate of drug-likeness (QED) is 0.307. The van der Waals surface area contributed by atoms with Crippen LogP contribution in [-0.4, -0.2) is 75.8 Å². The first-order chi connectivity index (χ1) is 16.7. The Morgan fingerprint density at radius 1 is 1.20 bits per heavy atom. The summed E-state index contributed by atoms with van der Waals surface area (Å²) in [5.74, 6) is -0.349. The lowest BCUT2D eigenvalue weighted by Gasteiger charge is -2.32. The van der Waals surface area contributed by atoms with Crippen LogP contribution in [0.3, 0.4) is 0 Å². The van der Waals surface area contributed by atoms with Crippen LogP contribution in [0.25, 0.3) is 11.0 Å². The van der Waals surface area contributed by atoms with E-state index in [2.05, 4.69) is 20.3 Å². The van der Waals surface area contributed by atoms with Crippen molar-refractivity contribution in [1.82, 2.24) is 19.9 Å². The van der Waals surface area contributed by atoms with E-state index in [0.29, 0.717) is 43.8 Å². The molecule has 35 heavy (non-hydrogen) atoms. The number of aromatic amines is 1. The maximum atomic E-state index is 12.6. The van der Waals surface area contributed by atoms with E-state index in [4.69, 9.17) is 14.2 Å². The molecule has 1 fully saturated rings. The molecule has 0 unspecified atom stereocenters. The number of nitrogens with zero attached hydrogens (tertiary/aromatic N) is 3. The standard InChI is InChI=1S/C24H35N5O6/c1-5-33-22(31)21-27-19-17(11-12-25-19)20(28-21)26-16-9-8-13-29(15-16)23(32)34-14-7-6-10-18(30)35-24(2,3)4/h11-12,16H,5-10,13-15H2,1-4H3,(H2,25,26,27,28)/t16-/m1/s1. The molecule has 1 amide bonds. The van der Waals surface area contributed by atoms with E-state index in [1.54, 1.807) is 18.0 Å². The van der Waals surface area contributed by atoms with Crippen molar-refractivity contribution in [2.75, 3.05) is 31.6 Å². The van der Waals surface area contributed by atoms with Crippen molar-refractivity contribution in [3.8, 4) is 0 Å². The molecule has 0 spiro atoms. The summed E-state index contributed by atoms with van der Waals surface area (Å²) in [5.41, 5.74) is 0.0329. The fourth-order valence-corrected chi connectivity index (χ4v) is 3.81. The van der Waals surface area contributed by atoms with Gasteiger partial charge in [-0.15, -0.1) is 0 Å². The molecule has 0 saturated carbocycles. The average molecular weight is 490 g/mol. The molecule has 0 aromatic carbocycles. The van der Waals surface area contributed by atoms with E-state index < -0.39 is 11.6 Å². The van der Waals surface area contributed by atoms with Crippen molar-refractivity contribution in [3.05, 3.63) is 18.1 Å². The largest absolute Gasteiger partial charge is 0.460 e. The second-order valence-electron chi connectivity index (χ2n) is 9.44. The van der Waals surface area contributed by atoms with Crippen LogP contribution in [-0.2, 0) is 19.0 Å². The number of hydrogen-bond acceptors (Lipinski definition) is 9. The van der Waals surface area contributed by atoms with Gasteiger partial charge in [-0.25, -0.2) is 19.6 Å². The van der Waals surface area contributed by atoms with Crippen LogP contribution < -0.4 is 5.32 Å². The third-order valence-electron chi connectivity index (χ3n) is 5.31. The number of ether oxygens (including phenoxy) is 3. The topological polar surface area (TPSA) is 136 Å². The average Bonchev–Trinajstić information content (AvgIpc) is 3.27. The zero-order valence-corrected chi connectivity index (χ0v) is 20.9. The van der Waals surface area contributed by atoms with Crippen LogP contribution >= 0.6 is 0 Å². The van der Waals surface area contributed by atoms with E-state index in [9.17, 15) is 14.4 Å². The van der Waals surface area contributed by atoms with Crippen molar-refractivity contribution in [2.24, 2.45) is 0 Å². The van der Waals surface area contributed by atoms with Crippen LogP contribution in [0.15, 0.2) is 12.3 Å². The van der Waals surface area contributed by atoms with Gasteiger partial charge in [0.05, 0.1) is 18.6 Å². The van der Waals surface area contributed by atoms with Crippen molar-refractivity contribution in [1.29, 1.82) is 0 Å². The van der Waals surface area contributed by atoms with Crippen molar-refractivity contribution < 1.29 is 28.6 Å². The number of amides is 1. The molecule has 1 aliphatic rings. The Bertz CT molecular complexity index is 1030. The summed E-state index contributed by atoms with van der Waals surface area (Å²) in [5, 5.41) is 4.11. The third-order valence-corrected chi connectivity index (χ3v) is 5.31. The van der Waals surface area contributed by atoms with Gasteiger partial charge < -0.3 is 29.4 Å². The number of hydrogen-bond donors (Lipinski definition) is 2. The maximum absolute atomic E-state index is 12.6. The highest BCUT2D eigenvalue weighted by molar-refractivity contribution is 5.93. The maximum Gasteiger partial charge on any atom is 0.409 e. The normalized spacial score (nSPS) is 16.1. The number of H-pyrrole nitrogens is 1. The molecule has 0 bridgehead atoms. The number of nitrogens with one attached hydrogen (secondary N) is 2. The predicted octanol–water partition coefficient (Wildman–Crippen LogP) is 3.66. The number of carbonyl (C=O) groups excluding carboxylic acids is 3. The molecule has 2 aromatic rings. The van der Waals surface area contributed by atoms with Gasteiger partial charge in [-0.1, -0.05) is 0 Å². The number of piperidine rings is 1. The number of unbranched alkanes of at least 4 members (excludes halogenated alkanes) is 1. The Morgan fingerprint density at radius 2 is 2.00 bits per heavy atom. The highest BCUT2D eigenvalue weighted by Crippen LogP contribution is 2.23. The molecule has 11 heteroatoms. The number of anilines is 1. The van der Waals surface area contributed by atoms with Gasteiger partial charge in [0.2, 0.25) is 5.82 Å². The molecule has 3 heterocycles. The zero-order chi connectivity index (χ0) is 25.4. The summed E-state index contributed by atoms with van der Waals surface area (Å²) in [6, 6.07) is 1.77. The molecule has 11 nitrogen and oxygen atoms in total. The molecule has 0 aliphatic carbocycles. The van der Waals surface area contributed by atoms with Gasteiger partial charge in [0.1, 0.15) is 17.1 Å². The summed E-state index contributed by atoms with van der Waals surface area (Å²) in [6.45, 7) is 8.74. The van der Waals surface area contributed by atoms with Gasteiger partial charge >= 0.3 is 18.0 Å². The number of rotatable bonds is 9. The molecule has 2 aromatic heterocycles. The minimum Gasteiger partial charge on any atom is -0.460 e. The van der Waals surface area contributed by atoms with E-state index >= 15 is 0 Å². The molecule has 2 N–H and O–H groups in total. The van der Waals surface area contributed by atoms with Gasteiger partial charge in [-0.2, -0.15) is 0 Å². The lowest BCUT2D eigenvalue weighted by molar-refractivity contribution is -0.154. The summed E-state index contributed by atoms with van der Waals surface area (Å²) < 4.78 is 15.7. The number of carbonyl (C=O) groups is 3. The van der Waals surface area contributed by atoms with E-state index in [1.807, 2.05) is 26.8 Å². The molecule has 1 atom stereocenters. The van der Waals surface area contributed by atoms with E-state index in [1.165, 1.54) is 0 Å². The highest BCUT2D eigenvalue weighted by Gasteiger charge is 2.26. The fourth-order valence-electron chi connectivity index (χ4n) is 3.81. The zero-order valence-electron chi connectivity index (χ0n) is 20.9. The Kier molecular flexibility index (Phi) is 8.89. The second kappa shape index (κ2) is 11.9. The lowest BCUT2D eigenvalue weighted by atomic mass is 10.1. The molecule has 1 saturated heterocycles. The van der Waals surface area contributed by atoms with Crippen molar-refractivity contribution in [3.63, 3.8) is 0 Å². The highest BCUT2D eigenvalue weighted by atomic mass is 16.6.